The number of ether oxygens (including phenoxy) is 1. The molecule has 0 spiro atoms. The molecule has 0 aliphatic rings. The van der Waals surface area contributed by atoms with Crippen molar-refractivity contribution in [3.05, 3.63) is 29.3 Å². The van der Waals surface area contributed by atoms with Gasteiger partial charge in [0.05, 0.1) is 5.41 Å². The number of hydrogen-bond acceptors (Lipinski definition) is 2. The molecular formula is C11H14ClNO2. The highest BCUT2D eigenvalue weighted by atomic mass is 35.5. The Hall–Kier alpha value is -1.22. The SMILES string of the molecule is CC(C)(COc1ccc(Cl)cc1)C(N)=O. The Balaban J connectivity index is 2.57. The van der Waals surface area contributed by atoms with Gasteiger partial charge in [-0.05, 0) is 38.1 Å². The summed E-state index contributed by atoms with van der Waals surface area (Å²) in [5, 5.41) is 0.650. The van der Waals surface area contributed by atoms with Crippen molar-refractivity contribution in [1.29, 1.82) is 0 Å². The predicted molar refractivity (Wildman–Crippen MR) is 59.9 cm³/mol. The molecule has 0 bridgehead atoms. The summed E-state index contributed by atoms with van der Waals surface area (Å²) < 4.78 is 5.43. The van der Waals surface area contributed by atoms with Gasteiger partial charge < -0.3 is 10.5 Å². The van der Waals surface area contributed by atoms with Crippen molar-refractivity contribution in [2.75, 3.05) is 6.61 Å². The quantitative estimate of drug-likeness (QED) is 0.858. The Morgan fingerprint density at radius 2 is 1.93 bits per heavy atom. The van der Waals surface area contributed by atoms with Gasteiger partial charge in [-0.2, -0.15) is 0 Å². The van der Waals surface area contributed by atoms with E-state index >= 15 is 0 Å². The van der Waals surface area contributed by atoms with E-state index in [-0.39, 0.29) is 12.5 Å². The summed E-state index contributed by atoms with van der Waals surface area (Å²) in [5.41, 5.74) is 4.55. The fourth-order valence-corrected chi connectivity index (χ4v) is 0.992. The van der Waals surface area contributed by atoms with Crippen LogP contribution in [0.5, 0.6) is 5.75 Å². The Morgan fingerprint density at radius 3 is 2.40 bits per heavy atom. The predicted octanol–water partition coefficient (Wildman–Crippen LogP) is 2.23. The monoisotopic (exact) mass is 227 g/mol. The summed E-state index contributed by atoms with van der Waals surface area (Å²) >= 11 is 5.72. The third-order valence-corrected chi connectivity index (χ3v) is 2.33. The molecule has 0 fully saturated rings. The molecule has 1 aromatic carbocycles. The van der Waals surface area contributed by atoms with Crippen LogP contribution < -0.4 is 10.5 Å². The van der Waals surface area contributed by atoms with Crippen LogP contribution in [0.15, 0.2) is 24.3 Å². The maximum atomic E-state index is 11.0. The van der Waals surface area contributed by atoms with E-state index < -0.39 is 5.41 Å². The summed E-state index contributed by atoms with van der Waals surface area (Å²) in [6, 6.07) is 6.96. The highest BCUT2D eigenvalue weighted by molar-refractivity contribution is 6.30. The molecule has 0 aliphatic carbocycles. The molecular weight excluding hydrogens is 214 g/mol. The van der Waals surface area contributed by atoms with Crippen LogP contribution in [0.2, 0.25) is 5.02 Å². The van der Waals surface area contributed by atoms with Gasteiger partial charge in [0.2, 0.25) is 5.91 Å². The largest absolute Gasteiger partial charge is 0.492 e. The van der Waals surface area contributed by atoms with Gasteiger partial charge in [-0.15, -0.1) is 0 Å². The van der Waals surface area contributed by atoms with Gasteiger partial charge in [0.1, 0.15) is 12.4 Å². The van der Waals surface area contributed by atoms with Crippen molar-refractivity contribution in [3.8, 4) is 5.75 Å². The maximum absolute atomic E-state index is 11.0. The van der Waals surface area contributed by atoms with Gasteiger partial charge in [0.25, 0.3) is 0 Å². The number of amides is 1. The van der Waals surface area contributed by atoms with Crippen LogP contribution in [0, 0.1) is 5.41 Å². The second kappa shape index (κ2) is 4.53. The lowest BCUT2D eigenvalue weighted by molar-refractivity contribution is -0.127. The molecule has 0 saturated heterocycles. The molecule has 0 atom stereocenters. The Bertz CT molecular complexity index is 346. The van der Waals surface area contributed by atoms with Crippen molar-refractivity contribution in [2.24, 2.45) is 11.1 Å². The number of hydrogen-bond donors (Lipinski definition) is 1. The summed E-state index contributed by atoms with van der Waals surface area (Å²) in [5.74, 6) is 0.296. The first-order valence-corrected chi connectivity index (χ1v) is 4.98. The number of carbonyl (C=O) groups is 1. The molecule has 0 aliphatic heterocycles. The molecule has 0 aromatic heterocycles. The molecule has 1 amide bonds. The molecule has 3 nitrogen and oxygen atoms in total. The highest BCUT2D eigenvalue weighted by Gasteiger charge is 2.25. The Kier molecular flexibility index (Phi) is 3.58. The van der Waals surface area contributed by atoms with Crippen LogP contribution in [-0.2, 0) is 4.79 Å². The van der Waals surface area contributed by atoms with Crippen LogP contribution in [0.4, 0.5) is 0 Å². The van der Waals surface area contributed by atoms with Crippen LogP contribution in [0.1, 0.15) is 13.8 Å². The third-order valence-electron chi connectivity index (χ3n) is 2.08. The third kappa shape index (κ3) is 3.44. The number of nitrogens with two attached hydrogens (primary N) is 1. The smallest absolute Gasteiger partial charge is 0.226 e. The average molecular weight is 228 g/mol. The van der Waals surface area contributed by atoms with Gasteiger partial charge in [0.15, 0.2) is 0 Å². The lowest BCUT2D eigenvalue weighted by Gasteiger charge is -2.20. The van der Waals surface area contributed by atoms with E-state index in [9.17, 15) is 4.79 Å². The molecule has 15 heavy (non-hydrogen) atoms. The van der Waals surface area contributed by atoms with Crippen molar-refractivity contribution in [1.82, 2.24) is 0 Å². The van der Waals surface area contributed by atoms with E-state index in [4.69, 9.17) is 22.1 Å². The van der Waals surface area contributed by atoms with E-state index in [1.807, 2.05) is 0 Å². The molecule has 2 N–H and O–H groups in total. The highest BCUT2D eigenvalue weighted by Crippen LogP contribution is 2.19. The molecule has 1 rings (SSSR count). The second-order valence-corrected chi connectivity index (χ2v) is 4.43. The van der Waals surface area contributed by atoms with Crippen LogP contribution in [0.3, 0.4) is 0 Å². The van der Waals surface area contributed by atoms with Gasteiger partial charge in [-0.1, -0.05) is 11.6 Å². The van der Waals surface area contributed by atoms with Gasteiger partial charge in [0, 0.05) is 5.02 Å². The van der Waals surface area contributed by atoms with E-state index in [1.165, 1.54) is 0 Å². The zero-order valence-electron chi connectivity index (χ0n) is 8.79. The topological polar surface area (TPSA) is 52.3 Å². The van der Waals surface area contributed by atoms with Gasteiger partial charge >= 0.3 is 0 Å². The minimum atomic E-state index is -0.667. The number of halogens is 1. The Labute approximate surface area is 94.2 Å². The zero-order chi connectivity index (χ0) is 11.5. The van der Waals surface area contributed by atoms with Crippen molar-refractivity contribution < 1.29 is 9.53 Å². The second-order valence-electron chi connectivity index (χ2n) is 3.99. The maximum Gasteiger partial charge on any atom is 0.226 e. The summed E-state index contributed by atoms with van der Waals surface area (Å²) in [7, 11) is 0. The summed E-state index contributed by atoms with van der Waals surface area (Å²) in [6.07, 6.45) is 0. The number of carbonyl (C=O) groups excluding carboxylic acids is 1. The molecule has 82 valence electrons. The average Bonchev–Trinajstić information content (AvgIpc) is 2.17. The normalized spacial score (nSPS) is 11.1. The molecule has 0 radical (unpaired) electrons. The van der Waals surface area contributed by atoms with Crippen LogP contribution in [-0.4, -0.2) is 12.5 Å². The lowest BCUT2D eigenvalue weighted by Crippen LogP contribution is -2.36. The molecule has 0 saturated carbocycles. The van der Waals surface area contributed by atoms with Gasteiger partial charge in [-0.3, -0.25) is 4.79 Å². The van der Waals surface area contributed by atoms with E-state index in [0.29, 0.717) is 10.8 Å². The zero-order valence-corrected chi connectivity index (χ0v) is 9.54. The van der Waals surface area contributed by atoms with Gasteiger partial charge in [-0.25, -0.2) is 0 Å². The number of benzene rings is 1. The fourth-order valence-electron chi connectivity index (χ4n) is 0.866. The van der Waals surface area contributed by atoms with E-state index in [0.717, 1.165) is 0 Å². The first kappa shape index (κ1) is 11.9. The van der Waals surface area contributed by atoms with Crippen LogP contribution >= 0.6 is 11.6 Å². The fraction of sp³-hybridized carbons (Fsp3) is 0.364. The first-order chi connectivity index (χ1) is 6.92. The minimum Gasteiger partial charge on any atom is -0.492 e. The Morgan fingerprint density at radius 1 is 1.40 bits per heavy atom. The molecule has 0 unspecified atom stereocenters. The lowest BCUT2D eigenvalue weighted by atomic mass is 9.94. The van der Waals surface area contributed by atoms with Crippen molar-refractivity contribution in [2.45, 2.75) is 13.8 Å². The standard InChI is InChI=1S/C11H14ClNO2/c1-11(2,10(13)14)7-15-9-5-3-8(12)4-6-9/h3-6H,7H2,1-2H3,(H2,13,14). The van der Waals surface area contributed by atoms with E-state index in [1.54, 1.807) is 38.1 Å². The number of rotatable bonds is 4. The first-order valence-electron chi connectivity index (χ1n) is 4.60. The van der Waals surface area contributed by atoms with Crippen molar-refractivity contribution in [3.63, 3.8) is 0 Å². The number of primary amides is 1. The summed E-state index contributed by atoms with van der Waals surface area (Å²) in [4.78, 5) is 11.0. The molecule has 4 heteroatoms. The molecule has 1 aromatic rings. The van der Waals surface area contributed by atoms with Crippen molar-refractivity contribution >= 4 is 17.5 Å². The van der Waals surface area contributed by atoms with Crippen LogP contribution in [0.25, 0.3) is 0 Å². The molecule has 0 heterocycles. The minimum absolute atomic E-state index is 0.254. The van der Waals surface area contributed by atoms with E-state index in [2.05, 4.69) is 0 Å². The summed E-state index contributed by atoms with van der Waals surface area (Å²) in [6.45, 7) is 3.74.